The Morgan fingerprint density at radius 2 is 2.20 bits per heavy atom. The summed E-state index contributed by atoms with van der Waals surface area (Å²) in [5.74, 6) is -0.151. The van der Waals surface area contributed by atoms with Crippen LogP contribution in [0.2, 0.25) is 0 Å². The quantitative estimate of drug-likeness (QED) is 0.666. The lowest BCUT2D eigenvalue weighted by Gasteiger charge is -2.15. The second kappa shape index (κ2) is 5.69. The highest BCUT2D eigenvalue weighted by Crippen LogP contribution is 2.16. The van der Waals surface area contributed by atoms with Crippen molar-refractivity contribution in [2.45, 2.75) is 25.6 Å². The summed E-state index contributed by atoms with van der Waals surface area (Å²) < 4.78 is 10.7. The summed E-state index contributed by atoms with van der Waals surface area (Å²) >= 11 is 0. The van der Waals surface area contributed by atoms with Crippen LogP contribution in [0.3, 0.4) is 0 Å². The van der Waals surface area contributed by atoms with Crippen LogP contribution < -0.4 is 0 Å². The number of rotatable bonds is 4. The van der Waals surface area contributed by atoms with Gasteiger partial charge in [-0.05, 0) is 6.92 Å². The van der Waals surface area contributed by atoms with E-state index in [0.29, 0.717) is 19.7 Å². The Morgan fingerprint density at radius 3 is 2.73 bits per heavy atom. The SMILES string of the molecule is CCO[C@@H]1CN(C(=O)CC#N)C[C@@H]1OC. The molecule has 0 bridgehead atoms. The van der Waals surface area contributed by atoms with Crippen molar-refractivity contribution in [1.82, 2.24) is 4.90 Å². The number of carbonyl (C=O) groups excluding carboxylic acids is 1. The summed E-state index contributed by atoms with van der Waals surface area (Å²) in [6.45, 7) is 3.55. The van der Waals surface area contributed by atoms with E-state index in [1.807, 2.05) is 13.0 Å². The summed E-state index contributed by atoms with van der Waals surface area (Å²) in [4.78, 5) is 13.1. The predicted octanol–water partition coefficient (Wildman–Crippen LogP) is 0.162. The van der Waals surface area contributed by atoms with Crippen LogP contribution in [0.25, 0.3) is 0 Å². The van der Waals surface area contributed by atoms with Gasteiger partial charge in [0.25, 0.3) is 0 Å². The molecule has 1 heterocycles. The normalized spacial score (nSPS) is 25.3. The number of carbonyl (C=O) groups is 1. The summed E-state index contributed by atoms with van der Waals surface area (Å²) in [5.41, 5.74) is 0. The van der Waals surface area contributed by atoms with Crippen LogP contribution in [0.1, 0.15) is 13.3 Å². The molecule has 0 aromatic heterocycles. The Labute approximate surface area is 89.6 Å². The van der Waals surface area contributed by atoms with Gasteiger partial charge in [0.05, 0.1) is 6.07 Å². The van der Waals surface area contributed by atoms with Crippen LogP contribution >= 0.6 is 0 Å². The van der Waals surface area contributed by atoms with Gasteiger partial charge < -0.3 is 14.4 Å². The molecule has 84 valence electrons. The average molecular weight is 212 g/mol. The van der Waals surface area contributed by atoms with E-state index in [-0.39, 0.29) is 24.5 Å². The number of likely N-dealkylation sites (tertiary alicyclic amines) is 1. The fourth-order valence-corrected chi connectivity index (χ4v) is 1.73. The van der Waals surface area contributed by atoms with Gasteiger partial charge >= 0.3 is 0 Å². The fourth-order valence-electron chi connectivity index (χ4n) is 1.73. The number of nitrogens with zero attached hydrogens (tertiary/aromatic N) is 2. The van der Waals surface area contributed by atoms with Crippen molar-refractivity contribution in [3.8, 4) is 6.07 Å². The minimum Gasteiger partial charge on any atom is -0.377 e. The Morgan fingerprint density at radius 1 is 1.53 bits per heavy atom. The zero-order valence-electron chi connectivity index (χ0n) is 9.10. The van der Waals surface area contributed by atoms with Crippen molar-refractivity contribution in [3.63, 3.8) is 0 Å². The van der Waals surface area contributed by atoms with Crippen LogP contribution in [0.4, 0.5) is 0 Å². The zero-order chi connectivity index (χ0) is 11.3. The van der Waals surface area contributed by atoms with E-state index in [0.717, 1.165) is 0 Å². The first-order valence-corrected chi connectivity index (χ1v) is 5.02. The summed E-state index contributed by atoms with van der Waals surface area (Å²) in [6, 6.07) is 1.85. The maximum absolute atomic E-state index is 11.4. The molecule has 0 spiro atoms. The van der Waals surface area contributed by atoms with Crippen LogP contribution in [-0.4, -0.2) is 49.8 Å². The third-order valence-electron chi connectivity index (χ3n) is 2.48. The number of methoxy groups -OCH3 is 1. The summed E-state index contributed by atoms with van der Waals surface area (Å²) in [6.07, 6.45) is -0.217. The summed E-state index contributed by atoms with van der Waals surface area (Å²) in [7, 11) is 1.61. The molecular weight excluding hydrogens is 196 g/mol. The van der Waals surface area contributed by atoms with E-state index in [4.69, 9.17) is 14.7 Å². The molecule has 0 N–H and O–H groups in total. The highest BCUT2D eigenvalue weighted by atomic mass is 16.5. The Balaban J connectivity index is 2.52. The largest absolute Gasteiger partial charge is 0.377 e. The van der Waals surface area contributed by atoms with Crippen molar-refractivity contribution >= 4 is 5.91 Å². The second-order valence-electron chi connectivity index (χ2n) is 3.40. The van der Waals surface area contributed by atoms with Gasteiger partial charge in [0.1, 0.15) is 18.6 Å². The first-order chi connectivity index (χ1) is 7.22. The molecule has 1 saturated heterocycles. The molecule has 1 aliphatic rings. The minimum atomic E-state index is -0.151. The van der Waals surface area contributed by atoms with Gasteiger partial charge in [-0.15, -0.1) is 0 Å². The molecule has 0 aromatic carbocycles. The molecular formula is C10H16N2O3. The second-order valence-corrected chi connectivity index (χ2v) is 3.40. The highest BCUT2D eigenvalue weighted by molar-refractivity contribution is 5.78. The van der Waals surface area contributed by atoms with Gasteiger partial charge in [-0.1, -0.05) is 0 Å². The molecule has 0 unspecified atom stereocenters. The molecule has 0 radical (unpaired) electrons. The maximum Gasteiger partial charge on any atom is 0.236 e. The smallest absolute Gasteiger partial charge is 0.236 e. The first kappa shape index (κ1) is 12.0. The minimum absolute atomic E-state index is 0.0670. The van der Waals surface area contributed by atoms with Crippen molar-refractivity contribution in [1.29, 1.82) is 5.26 Å². The van der Waals surface area contributed by atoms with Crippen molar-refractivity contribution in [2.24, 2.45) is 0 Å². The predicted molar refractivity (Wildman–Crippen MR) is 53.0 cm³/mol. The topological polar surface area (TPSA) is 62.6 Å². The molecule has 5 nitrogen and oxygen atoms in total. The van der Waals surface area contributed by atoms with Gasteiger partial charge in [0.15, 0.2) is 0 Å². The fraction of sp³-hybridized carbons (Fsp3) is 0.800. The monoisotopic (exact) mass is 212 g/mol. The molecule has 2 atom stereocenters. The van der Waals surface area contributed by atoms with Crippen LogP contribution in [-0.2, 0) is 14.3 Å². The molecule has 1 rings (SSSR count). The molecule has 15 heavy (non-hydrogen) atoms. The standard InChI is InChI=1S/C10H16N2O3/c1-3-15-9-7-12(6-8(9)14-2)10(13)4-5-11/h8-9H,3-4,6-7H2,1-2H3/t8-,9+/m0/s1. The Bertz CT molecular complexity index is 262. The maximum atomic E-state index is 11.4. The van der Waals surface area contributed by atoms with Crippen molar-refractivity contribution in [2.75, 3.05) is 26.8 Å². The van der Waals surface area contributed by atoms with Gasteiger partial charge in [0.2, 0.25) is 5.91 Å². The Kier molecular flexibility index (Phi) is 4.53. The summed E-state index contributed by atoms with van der Waals surface area (Å²) in [5, 5.41) is 8.43. The lowest BCUT2D eigenvalue weighted by atomic mass is 10.2. The average Bonchev–Trinajstić information content (AvgIpc) is 2.62. The lowest BCUT2D eigenvalue weighted by molar-refractivity contribution is -0.129. The molecule has 0 saturated carbocycles. The van der Waals surface area contributed by atoms with E-state index in [1.165, 1.54) is 0 Å². The van der Waals surface area contributed by atoms with Crippen LogP contribution in [0.5, 0.6) is 0 Å². The van der Waals surface area contributed by atoms with E-state index in [1.54, 1.807) is 12.0 Å². The molecule has 0 aromatic rings. The Hall–Kier alpha value is -1.12. The molecule has 5 heteroatoms. The van der Waals surface area contributed by atoms with E-state index in [2.05, 4.69) is 0 Å². The first-order valence-electron chi connectivity index (χ1n) is 5.02. The molecule has 1 amide bonds. The third kappa shape index (κ3) is 2.91. The lowest BCUT2D eigenvalue weighted by Crippen LogP contribution is -2.29. The zero-order valence-corrected chi connectivity index (χ0v) is 9.10. The number of hydrogen-bond acceptors (Lipinski definition) is 4. The third-order valence-corrected chi connectivity index (χ3v) is 2.48. The van der Waals surface area contributed by atoms with Crippen LogP contribution in [0, 0.1) is 11.3 Å². The highest BCUT2D eigenvalue weighted by Gasteiger charge is 2.35. The molecule has 1 fully saturated rings. The number of hydrogen-bond donors (Lipinski definition) is 0. The van der Waals surface area contributed by atoms with E-state index >= 15 is 0 Å². The van der Waals surface area contributed by atoms with Gasteiger partial charge in [-0.2, -0.15) is 5.26 Å². The van der Waals surface area contributed by atoms with E-state index in [9.17, 15) is 4.79 Å². The van der Waals surface area contributed by atoms with Gasteiger partial charge in [-0.3, -0.25) is 4.79 Å². The number of amides is 1. The van der Waals surface area contributed by atoms with E-state index < -0.39 is 0 Å². The number of ether oxygens (including phenoxy) is 2. The molecule has 1 aliphatic heterocycles. The van der Waals surface area contributed by atoms with Crippen molar-refractivity contribution < 1.29 is 14.3 Å². The van der Waals surface area contributed by atoms with Gasteiger partial charge in [0, 0.05) is 26.8 Å². The van der Waals surface area contributed by atoms with Crippen LogP contribution in [0.15, 0.2) is 0 Å². The number of nitriles is 1. The van der Waals surface area contributed by atoms with Crippen molar-refractivity contribution in [3.05, 3.63) is 0 Å². The molecule has 0 aliphatic carbocycles. The van der Waals surface area contributed by atoms with Gasteiger partial charge in [-0.25, -0.2) is 0 Å².